The highest BCUT2D eigenvalue weighted by molar-refractivity contribution is 7.89. The van der Waals surface area contributed by atoms with E-state index in [1.54, 1.807) is 16.9 Å². The van der Waals surface area contributed by atoms with Gasteiger partial charge in [0.2, 0.25) is 10.0 Å². The summed E-state index contributed by atoms with van der Waals surface area (Å²) in [5.41, 5.74) is 2.74. The van der Waals surface area contributed by atoms with Crippen LogP contribution < -0.4 is 4.72 Å². The van der Waals surface area contributed by atoms with Gasteiger partial charge in [-0.2, -0.15) is 5.26 Å². The fourth-order valence-corrected chi connectivity index (χ4v) is 5.16. The van der Waals surface area contributed by atoms with Crippen LogP contribution in [0.5, 0.6) is 0 Å². The lowest BCUT2D eigenvalue weighted by molar-refractivity contribution is 0.345. The monoisotopic (exact) mass is 373 g/mol. The molecule has 0 radical (unpaired) electrons. The van der Waals surface area contributed by atoms with Gasteiger partial charge in [-0.05, 0) is 37.7 Å². The summed E-state index contributed by atoms with van der Waals surface area (Å²) in [7, 11) is -3.39. The van der Waals surface area contributed by atoms with Crippen molar-refractivity contribution < 1.29 is 8.42 Å². The lowest BCUT2D eigenvalue weighted by Gasteiger charge is -2.27. The maximum absolute atomic E-state index is 12.0. The maximum Gasteiger partial charge on any atom is 0.212 e. The molecular weight excluding hydrogens is 354 g/mol. The maximum atomic E-state index is 12.0. The zero-order chi connectivity index (χ0) is 18.1. The molecule has 0 saturated heterocycles. The summed E-state index contributed by atoms with van der Waals surface area (Å²) in [4.78, 5) is 7.42. The van der Waals surface area contributed by atoms with Gasteiger partial charge in [0.05, 0.1) is 24.1 Å². The third-order valence-electron chi connectivity index (χ3n) is 5.06. The van der Waals surface area contributed by atoms with E-state index >= 15 is 0 Å². The van der Waals surface area contributed by atoms with E-state index < -0.39 is 10.0 Å². The Balaban J connectivity index is 1.50. The first kappa shape index (κ1) is 16.9. The van der Waals surface area contributed by atoms with Crippen LogP contribution in [0.25, 0.3) is 16.6 Å². The van der Waals surface area contributed by atoms with Crippen molar-refractivity contribution in [2.24, 2.45) is 5.92 Å². The quantitative estimate of drug-likeness (QED) is 0.649. The number of nitrogens with zero attached hydrogens (tertiary/aromatic N) is 5. The van der Waals surface area contributed by atoms with Crippen LogP contribution in [0.4, 0.5) is 0 Å². The summed E-state index contributed by atoms with van der Waals surface area (Å²) in [6.45, 7) is -0.176. The molecule has 0 spiro atoms. The zero-order valence-corrected chi connectivity index (χ0v) is 14.9. The van der Waals surface area contributed by atoms with Gasteiger partial charge in [-0.3, -0.25) is 0 Å². The van der Waals surface area contributed by atoms with E-state index in [1.807, 2.05) is 12.3 Å². The highest BCUT2D eigenvalue weighted by atomic mass is 32.2. The fraction of sp³-hybridized carbons (Fsp3) is 0.500. The minimum Gasteiger partial charge on any atom is -0.346 e. The van der Waals surface area contributed by atoms with Crippen molar-refractivity contribution in [1.82, 2.24) is 29.5 Å². The molecule has 1 aliphatic carbocycles. The second kappa shape index (κ2) is 6.66. The van der Waals surface area contributed by atoms with Crippen LogP contribution in [0.2, 0.25) is 0 Å². The Morgan fingerprint density at radius 2 is 2.15 bits per heavy atom. The van der Waals surface area contributed by atoms with Gasteiger partial charge in [0.25, 0.3) is 0 Å². The fourth-order valence-electron chi connectivity index (χ4n) is 3.81. The Bertz CT molecular complexity index is 1070. The van der Waals surface area contributed by atoms with Crippen LogP contribution in [0.1, 0.15) is 37.3 Å². The largest absolute Gasteiger partial charge is 0.346 e. The number of H-pyrrole nitrogens is 1. The molecule has 3 aromatic heterocycles. The van der Waals surface area contributed by atoms with Crippen molar-refractivity contribution in [3.05, 3.63) is 24.3 Å². The third-order valence-corrected chi connectivity index (χ3v) is 6.55. The van der Waals surface area contributed by atoms with E-state index in [0.717, 1.165) is 47.9 Å². The number of fused-ring (bicyclic) bond motifs is 3. The van der Waals surface area contributed by atoms with Crippen LogP contribution in [-0.2, 0) is 10.0 Å². The number of nitrogens with one attached hydrogen (secondary N) is 2. The molecule has 10 heteroatoms. The van der Waals surface area contributed by atoms with E-state index in [9.17, 15) is 8.42 Å². The van der Waals surface area contributed by atoms with Crippen molar-refractivity contribution in [2.75, 3.05) is 12.3 Å². The zero-order valence-electron chi connectivity index (χ0n) is 14.1. The van der Waals surface area contributed by atoms with Gasteiger partial charge >= 0.3 is 0 Å². The minimum atomic E-state index is -3.39. The smallest absolute Gasteiger partial charge is 0.212 e. The van der Waals surface area contributed by atoms with E-state index in [4.69, 9.17) is 5.26 Å². The molecule has 0 aliphatic heterocycles. The lowest BCUT2D eigenvalue weighted by atomic mass is 9.81. The molecule has 1 aliphatic rings. The van der Waals surface area contributed by atoms with Crippen LogP contribution in [-0.4, -0.2) is 45.5 Å². The molecule has 1 saturated carbocycles. The molecule has 0 atom stereocenters. The Hall–Kier alpha value is -2.51. The SMILES string of the molecule is N#CCNS(=O)(=O)CC1CCC(c2nnn3cnc4[nH]ccc4c23)CC1. The molecule has 0 bridgehead atoms. The summed E-state index contributed by atoms with van der Waals surface area (Å²) in [5, 5.41) is 18.1. The lowest BCUT2D eigenvalue weighted by Crippen LogP contribution is -2.31. The third kappa shape index (κ3) is 3.15. The van der Waals surface area contributed by atoms with Gasteiger partial charge in [0.15, 0.2) is 0 Å². The Labute approximate surface area is 150 Å². The predicted octanol–water partition coefficient (Wildman–Crippen LogP) is 1.32. The van der Waals surface area contributed by atoms with Crippen LogP contribution in [0, 0.1) is 17.2 Å². The average Bonchev–Trinajstić information content (AvgIpc) is 3.26. The summed E-state index contributed by atoms with van der Waals surface area (Å²) < 4.78 is 27.9. The molecule has 0 unspecified atom stereocenters. The molecule has 4 rings (SSSR count). The number of aromatic amines is 1. The van der Waals surface area contributed by atoms with Gasteiger partial charge in [-0.15, -0.1) is 5.10 Å². The average molecular weight is 373 g/mol. The van der Waals surface area contributed by atoms with Crippen molar-refractivity contribution in [1.29, 1.82) is 5.26 Å². The molecule has 9 nitrogen and oxygen atoms in total. The van der Waals surface area contributed by atoms with Crippen molar-refractivity contribution in [2.45, 2.75) is 31.6 Å². The highest BCUT2D eigenvalue weighted by Crippen LogP contribution is 2.38. The van der Waals surface area contributed by atoms with E-state index in [0.29, 0.717) is 0 Å². The second-order valence-electron chi connectivity index (χ2n) is 6.73. The topological polar surface area (TPSA) is 129 Å². The normalized spacial score (nSPS) is 21.2. The first-order valence-electron chi connectivity index (χ1n) is 8.58. The van der Waals surface area contributed by atoms with Crippen molar-refractivity contribution in [3.63, 3.8) is 0 Å². The molecule has 26 heavy (non-hydrogen) atoms. The molecule has 136 valence electrons. The number of sulfonamides is 1. The van der Waals surface area contributed by atoms with Gasteiger partial charge in [-0.1, -0.05) is 5.21 Å². The van der Waals surface area contributed by atoms with Gasteiger partial charge < -0.3 is 4.98 Å². The van der Waals surface area contributed by atoms with Crippen LogP contribution >= 0.6 is 0 Å². The molecule has 0 aromatic carbocycles. The number of nitriles is 1. The summed E-state index contributed by atoms with van der Waals surface area (Å²) in [6, 6.07) is 3.78. The molecule has 1 fully saturated rings. The predicted molar refractivity (Wildman–Crippen MR) is 94.7 cm³/mol. The minimum absolute atomic E-state index is 0.0789. The van der Waals surface area contributed by atoms with Crippen molar-refractivity contribution in [3.8, 4) is 6.07 Å². The number of hydrogen-bond donors (Lipinski definition) is 2. The summed E-state index contributed by atoms with van der Waals surface area (Å²) >= 11 is 0. The highest BCUT2D eigenvalue weighted by Gasteiger charge is 2.29. The molecular formula is C16H19N7O2S. The molecule has 3 aromatic rings. The second-order valence-corrected chi connectivity index (χ2v) is 8.58. The van der Waals surface area contributed by atoms with E-state index in [2.05, 4.69) is 25.0 Å². The van der Waals surface area contributed by atoms with Gasteiger partial charge in [0, 0.05) is 17.5 Å². The molecule has 3 heterocycles. The van der Waals surface area contributed by atoms with E-state index in [1.165, 1.54) is 0 Å². The van der Waals surface area contributed by atoms with Gasteiger partial charge in [-0.25, -0.2) is 22.6 Å². The number of aromatic nitrogens is 5. The standard InChI is InChI=1S/C16H19N7O2S/c17-6-8-20-26(24,25)9-11-1-3-12(4-2-11)14-15-13-5-7-18-16(13)19-10-23(15)22-21-14/h5,7,10-12,18,20H,1-4,8-9H2. The van der Waals surface area contributed by atoms with E-state index in [-0.39, 0.29) is 24.1 Å². The Kier molecular flexibility index (Phi) is 4.34. The first-order valence-corrected chi connectivity index (χ1v) is 10.2. The van der Waals surface area contributed by atoms with Crippen molar-refractivity contribution >= 4 is 26.6 Å². The Morgan fingerprint density at radius 3 is 2.92 bits per heavy atom. The van der Waals surface area contributed by atoms with Crippen LogP contribution in [0.15, 0.2) is 18.6 Å². The van der Waals surface area contributed by atoms with Crippen LogP contribution in [0.3, 0.4) is 0 Å². The number of hydrogen-bond acceptors (Lipinski definition) is 6. The Morgan fingerprint density at radius 1 is 1.35 bits per heavy atom. The summed E-state index contributed by atoms with van der Waals surface area (Å²) in [6.07, 6.45) is 6.90. The number of rotatable bonds is 5. The first-order chi connectivity index (χ1) is 12.6. The van der Waals surface area contributed by atoms with Gasteiger partial charge in [0.1, 0.15) is 17.5 Å². The molecule has 0 amide bonds. The molecule has 2 N–H and O–H groups in total. The summed E-state index contributed by atoms with van der Waals surface area (Å²) in [5.74, 6) is 0.451.